The van der Waals surface area contributed by atoms with Gasteiger partial charge in [-0.05, 0) is 65.8 Å². The van der Waals surface area contributed by atoms with Gasteiger partial charge in [-0.1, -0.05) is 38.5 Å². The number of ether oxygens (including phenoxy) is 3. The highest BCUT2D eigenvalue weighted by atomic mass is 16.5. The third-order valence-corrected chi connectivity index (χ3v) is 9.02. The van der Waals surface area contributed by atoms with E-state index in [4.69, 9.17) is 14.2 Å². The van der Waals surface area contributed by atoms with Crippen LogP contribution in [0, 0.1) is 5.92 Å². The van der Waals surface area contributed by atoms with Crippen LogP contribution in [-0.4, -0.2) is 48.7 Å². The number of para-hydroxylation sites is 2. The lowest BCUT2D eigenvalue weighted by atomic mass is 9.95. The fourth-order valence-electron chi connectivity index (χ4n) is 6.33. The molecule has 11 nitrogen and oxygen atoms in total. The highest BCUT2D eigenvalue weighted by Crippen LogP contribution is 2.50. The first-order valence-corrected chi connectivity index (χ1v) is 15.8. The molecule has 1 aliphatic carbocycles. The molecule has 1 aliphatic rings. The van der Waals surface area contributed by atoms with Gasteiger partial charge in [0.2, 0.25) is 23.0 Å². The molecule has 248 valence electrons. The van der Waals surface area contributed by atoms with Crippen LogP contribution in [0.1, 0.15) is 56.6 Å². The number of fused-ring (bicyclic) bond motifs is 4. The number of anilines is 1. The van der Waals surface area contributed by atoms with E-state index in [0.29, 0.717) is 47.6 Å². The Balaban J connectivity index is 1.55. The maximum Gasteiger partial charge on any atom is 0.243 e. The quantitative estimate of drug-likeness (QED) is 0.211. The molecule has 3 N–H and O–H groups in total. The number of rotatable bonds is 11. The van der Waals surface area contributed by atoms with Gasteiger partial charge in [-0.25, -0.2) is 4.98 Å². The number of aryl methyl sites for hydroxylation is 2. The number of aromatic nitrogens is 2. The van der Waals surface area contributed by atoms with Crippen molar-refractivity contribution in [2.75, 3.05) is 26.6 Å². The Labute approximate surface area is 274 Å². The molecule has 3 aromatic carbocycles. The van der Waals surface area contributed by atoms with Gasteiger partial charge in [-0.3, -0.25) is 14.4 Å². The van der Waals surface area contributed by atoms with Gasteiger partial charge >= 0.3 is 0 Å². The topological polar surface area (TPSA) is 133 Å². The summed E-state index contributed by atoms with van der Waals surface area (Å²) in [5.74, 6) is 1.61. The van der Waals surface area contributed by atoms with Crippen molar-refractivity contribution in [3.05, 3.63) is 75.7 Å². The molecule has 0 saturated heterocycles. The highest BCUT2D eigenvalue weighted by Gasteiger charge is 2.30. The molecule has 5 rings (SSSR count). The molecule has 0 radical (unpaired) electrons. The molecular formula is C36H43N5O6. The zero-order chi connectivity index (χ0) is 33.8. The van der Waals surface area contributed by atoms with Gasteiger partial charge < -0.3 is 34.7 Å². The van der Waals surface area contributed by atoms with Crippen molar-refractivity contribution in [1.29, 1.82) is 0 Å². The zero-order valence-corrected chi connectivity index (χ0v) is 28.0. The summed E-state index contributed by atoms with van der Waals surface area (Å²) in [5, 5.41) is 9.33. The number of carbonyl (C=O) groups excluding carboxylic acids is 2. The van der Waals surface area contributed by atoms with Crippen LogP contribution in [0.15, 0.2) is 53.3 Å². The second kappa shape index (κ2) is 14.1. The van der Waals surface area contributed by atoms with Crippen LogP contribution in [0.2, 0.25) is 0 Å². The minimum absolute atomic E-state index is 0.0946. The number of hydrogen-bond donors (Lipinski definition) is 3. The Morgan fingerprint density at radius 2 is 1.79 bits per heavy atom. The smallest absolute Gasteiger partial charge is 0.243 e. The molecule has 0 aliphatic heterocycles. The first-order valence-electron chi connectivity index (χ1n) is 15.8. The molecule has 0 spiro atoms. The van der Waals surface area contributed by atoms with Crippen molar-refractivity contribution < 1.29 is 23.8 Å². The van der Waals surface area contributed by atoms with Gasteiger partial charge in [0.1, 0.15) is 11.9 Å². The van der Waals surface area contributed by atoms with Crippen LogP contribution in [0.4, 0.5) is 5.69 Å². The number of benzene rings is 2. The number of nitrogens with one attached hydrogen (secondary N) is 3. The summed E-state index contributed by atoms with van der Waals surface area (Å²) in [7, 11) is 6.60. The standard InChI is InChI=1S/C36H43N5O6/c1-8-20(2)33(36(44)37-19-31-39-26-11-9-10-12-28(26)41(31)4)40-27-16-14-23-24(18-29(27)43)25(38-21(3)42)15-13-22-17-30(45-5)34(46-6)35(47-7)32(22)23/h9-12,14,16-18,20,25,33H,8,13,15,19H2,1-7H3,(H,37,44)(H,38,42)(H,40,43)/t20-,25-,33+/m0/s1. The lowest BCUT2D eigenvalue weighted by molar-refractivity contribution is -0.123. The van der Waals surface area contributed by atoms with E-state index in [0.717, 1.165) is 28.0 Å². The van der Waals surface area contributed by atoms with Crippen molar-refractivity contribution in [2.24, 2.45) is 13.0 Å². The van der Waals surface area contributed by atoms with E-state index < -0.39 is 12.1 Å². The Kier molecular flexibility index (Phi) is 10.0. The van der Waals surface area contributed by atoms with Gasteiger partial charge in [0.05, 0.1) is 50.6 Å². The van der Waals surface area contributed by atoms with Crippen LogP contribution in [-0.2, 0) is 29.6 Å². The van der Waals surface area contributed by atoms with Crippen molar-refractivity contribution >= 4 is 28.5 Å². The van der Waals surface area contributed by atoms with Crippen molar-refractivity contribution in [1.82, 2.24) is 20.2 Å². The Morgan fingerprint density at radius 3 is 2.45 bits per heavy atom. The predicted octanol–water partition coefficient (Wildman–Crippen LogP) is 4.89. The first kappa shape index (κ1) is 33.3. The van der Waals surface area contributed by atoms with E-state index in [1.165, 1.54) is 6.92 Å². The second-order valence-corrected chi connectivity index (χ2v) is 11.9. The summed E-state index contributed by atoms with van der Waals surface area (Å²) in [6, 6.07) is 13.7. The van der Waals surface area contributed by atoms with Crippen molar-refractivity contribution in [2.45, 2.75) is 58.7 Å². The fraction of sp³-hybridized carbons (Fsp3) is 0.389. The van der Waals surface area contributed by atoms with Crippen molar-refractivity contribution in [3.8, 4) is 28.4 Å². The summed E-state index contributed by atoms with van der Waals surface area (Å²) in [4.78, 5) is 44.6. The number of imidazole rings is 1. The summed E-state index contributed by atoms with van der Waals surface area (Å²) in [6.07, 6.45) is 1.85. The van der Waals surface area contributed by atoms with E-state index in [1.807, 2.05) is 61.9 Å². The molecule has 0 saturated carbocycles. The molecule has 11 heteroatoms. The third-order valence-electron chi connectivity index (χ3n) is 9.02. The average Bonchev–Trinajstić information content (AvgIpc) is 3.20. The number of methoxy groups -OCH3 is 3. The maximum atomic E-state index is 13.9. The second-order valence-electron chi connectivity index (χ2n) is 11.9. The Hall–Kier alpha value is -5.06. The van der Waals surface area contributed by atoms with Gasteiger partial charge in [-0.2, -0.15) is 0 Å². The Morgan fingerprint density at radius 1 is 1.04 bits per heavy atom. The molecule has 3 atom stereocenters. The van der Waals surface area contributed by atoms with E-state index in [-0.39, 0.29) is 35.4 Å². The lowest BCUT2D eigenvalue weighted by Crippen LogP contribution is -2.44. The van der Waals surface area contributed by atoms with Crippen molar-refractivity contribution in [3.63, 3.8) is 0 Å². The van der Waals surface area contributed by atoms with Crippen LogP contribution in [0.3, 0.4) is 0 Å². The molecule has 2 amide bonds. The average molecular weight is 642 g/mol. The van der Waals surface area contributed by atoms with E-state index in [2.05, 4.69) is 20.9 Å². The van der Waals surface area contributed by atoms with Gasteiger partial charge in [-0.15, -0.1) is 0 Å². The lowest BCUT2D eigenvalue weighted by Gasteiger charge is -2.24. The monoisotopic (exact) mass is 641 g/mol. The van der Waals surface area contributed by atoms with Gasteiger partial charge in [0, 0.05) is 19.5 Å². The molecule has 1 aromatic heterocycles. The van der Waals surface area contributed by atoms with Crippen LogP contribution < -0.4 is 35.6 Å². The molecule has 1 heterocycles. The molecule has 0 unspecified atom stereocenters. The summed E-state index contributed by atoms with van der Waals surface area (Å²) >= 11 is 0. The number of hydrogen-bond acceptors (Lipinski definition) is 8. The molecular weight excluding hydrogens is 598 g/mol. The Bertz CT molecular complexity index is 1870. The number of nitrogens with zero attached hydrogens (tertiary/aromatic N) is 2. The van der Waals surface area contributed by atoms with E-state index >= 15 is 0 Å². The van der Waals surface area contributed by atoms with E-state index in [1.54, 1.807) is 33.5 Å². The highest BCUT2D eigenvalue weighted by molar-refractivity contribution is 5.86. The van der Waals surface area contributed by atoms with Gasteiger partial charge in [0.25, 0.3) is 0 Å². The minimum atomic E-state index is -0.693. The minimum Gasteiger partial charge on any atom is -0.493 e. The fourth-order valence-corrected chi connectivity index (χ4v) is 6.33. The maximum absolute atomic E-state index is 13.9. The van der Waals surface area contributed by atoms with E-state index in [9.17, 15) is 14.4 Å². The summed E-state index contributed by atoms with van der Waals surface area (Å²) in [5.41, 5.74) is 4.85. The van der Waals surface area contributed by atoms with Crippen LogP contribution in [0.25, 0.3) is 22.2 Å². The predicted molar refractivity (Wildman–Crippen MR) is 182 cm³/mol. The first-order chi connectivity index (χ1) is 22.6. The summed E-state index contributed by atoms with van der Waals surface area (Å²) in [6.45, 7) is 5.68. The molecule has 0 bridgehead atoms. The normalized spacial score (nSPS) is 15.0. The summed E-state index contributed by atoms with van der Waals surface area (Å²) < 4.78 is 19.2. The van der Waals surface area contributed by atoms with Crippen LogP contribution in [0.5, 0.6) is 17.2 Å². The number of carbonyl (C=O) groups is 2. The third kappa shape index (κ3) is 6.61. The van der Waals surface area contributed by atoms with Crippen LogP contribution >= 0.6 is 0 Å². The molecule has 47 heavy (non-hydrogen) atoms. The SMILES string of the molecule is CC[C@H](C)[C@@H](Nc1ccc2c(cc1=O)[C@@H](NC(C)=O)CCc1cc(OC)c(OC)c(OC)c1-2)C(=O)NCc1nc2ccccc2n1C. The molecule has 4 aromatic rings. The van der Waals surface area contributed by atoms with Gasteiger partial charge in [0.15, 0.2) is 11.5 Å². The zero-order valence-electron chi connectivity index (χ0n) is 28.0. The largest absolute Gasteiger partial charge is 0.493 e. The number of amides is 2. The molecule has 0 fully saturated rings.